The second kappa shape index (κ2) is 7.67. The second-order valence-corrected chi connectivity index (χ2v) is 4.95. The first kappa shape index (κ1) is 16.4. The van der Waals surface area contributed by atoms with Gasteiger partial charge in [0.25, 0.3) is 0 Å². The lowest BCUT2D eigenvalue weighted by atomic mass is 9.91. The smallest absolute Gasteiger partial charge is 0.222 e. The summed E-state index contributed by atoms with van der Waals surface area (Å²) in [6.07, 6.45) is 3.62. The molecule has 1 amide bonds. The maximum atomic E-state index is 11.5. The van der Waals surface area contributed by atoms with Crippen molar-refractivity contribution >= 4 is 5.91 Å². The Morgan fingerprint density at radius 3 is 2.06 bits per heavy atom. The second-order valence-electron chi connectivity index (χ2n) is 4.95. The van der Waals surface area contributed by atoms with Gasteiger partial charge in [-0.15, -0.1) is 0 Å². The number of amides is 1. The van der Waals surface area contributed by atoms with Crippen molar-refractivity contribution in [2.45, 2.75) is 45.1 Å². The molecule has 0 rings (SSSR count). The topological polar surface area (TPSA) is 49.6 Å². The summed E-state index contributed by atoms with van der Waals surface area (Å²) >= 11 is 0. The number of hydrogen-bond acceptors (Lipinski definition) is 3. The molecular formula is C13H29N3O. The highest BCUT2D eigenvalue weighted by atomic mass is 16.2. The lowest BCUT2D eigenvalue weighted by Gasteiger charge is -2.40. The Morgan fingerprint density at radius 2 is 1.71 bits per heavy atom. The van der Waals surface area contributed by atoms with Crippen molar-refractivity contribution in [2.24, 2.45) is 5.73 Å². The molecule has 0 atom stereocenters. The van der Waals surface area contributed by atoms with Crippen molar-refractivity contribution in [3.63, 3.8) is 0 Å². The highest BCUT2D eigenvalue weighted by Gasteiger charge is 2.28. The van der Waals surface area contributed by atoms with Gasteiger partial charge < -0.3 is 10.6 Å². The number of nitrogens with two attached hydrogens (primary N) is 1. The van der Waals surface area contributed by atoms with Crippen LogP contribution in [0.3, 0.4) is 0 Å². The quantitative estimate of drug-likeness (QED) is 0.699. The maximum absolute atomic E-state index is 11.5. The molecule has 0 fully saturated rings. The largest absolute Gasteiger partial charge is 0.349 e. The van der Waals surface area contributed by atoms with Crippen molar-refractivity contribution in [2.75, 3.05) is 34.2 Å². The third kappa shape index (κ3) is 4.64. The number of nitrogens with zero attached hydrogens (tertiary/aromatic N) is 2. The molecule has 0 aromatic heterocycles. The van der Waals surface area contributed by atoms with Crippen molar-refractivity contribution < 1.29 is 4.79 Å². The van der Waals surface area contributed by atoms with Crippen LogP contribution >= 0.6 is 0 Å². The summed E-state index contributed by atoms with van der Waals surface area (Å²) in [5.41, 5.74) is 5.99. The molecule has 4 heteroatoms. The number of likely N-dealkylation sites (N-methyl/N-ethyl adjacent to an activating group) is 1. The monoisotopic (exact) mass is 243 g/mol. The van der Waals surface area contributed by atoms with Gasteiger partial charge in [-0.3, -0.25) is 9.69 Å². The molecule has 17 heavy (non-hydrogen) atoms. The fourth-order valence-corrected chi connectivity index (χ4v) is 2.16. The first-order valence-electron chi connectivity index (χ1n) is 6.55. The van der Waals surface area contributed by atoms with E-state index in [9.17, 15) is 4.79 Å². The number of rotatable bonds is 8. The summed E-state index contributed by atoms with van der Waals surface area (Å²) in [5.74, 6) is 0.199. The third-order valence-corrected chi connectivity index (χ3v) is 3.89. The Morgan fingerprint density at radius 1 is 1.18 bits per heavy atom. The Balaban J connectivity index is 4.16. The predicted octanol–water partition coefficient (Wildman–Crippen LogP) is 1.30. The van der Waals surface area contributed by atoms with Crippen molar-refractivity contribution in [1.82, 2.24) is 9.80 Å². The normalized spacial score (nSPS) is 11.9. The molecule has 0 heterocycles. The van der Waals surface area contributed by atoms with Gasteiger partial charge in [-0.1, -0.05) is 13.8 Å². The molecule has 0 aliphatic heterocycles. The lowest BCUT2D eigenvalue weighted by Crippen LogP contribution is -2.51. The molecule has 102 valence electrons. The van der Waals surface area contributed by atoms with E-state index in [0.717, 1.165) is 25.8 Å². The molecule has 0 bridgehead atoms. The van der Waals surface area contributed by atoms with Gasteiger partial charge >= 0.3 is 0 Å². The number of hydrogen-bond donors (Lipinski definition) is 1. The zero-order valence-electron chi connectivity index (χ0n) is 12.1. The van der Waals surface area contributed by atoms with Gasteiger partial charge in [0, 0.05) is 32.6 Å². The van der Waals surface area contributed by atoms with E-state index >= 15 is 0 Å². The van der Waals surface area contributed by atoms with E-state index in [1.165, 1.54) is 0 Å². The number of carbonyl (C=O) groups excluding carboxylic acids is 1. The summed E-state index contributed by atoms with van der Waals surface area (Å²) in [5, 5.41) is 0. The predicted molar refractivity (Wildman–Crippen MR) is 72.9 cm³/mol. The van der Waals surface area contributed by atoms with Gasteiger partial charge in [-0.2, -0.15) is 0 Å². The minimum absolute atomic E-state index is 0.0984. The molecule has 4 nitrogen and oxygen atoms in total. The molecule has 0 saturated heterocycles. The standard InChI is InChI=1S/C13H29N3O/c1-6-13(7-2,11-14)16(5)10-8-9-12(17)15(3)4/h6-11,14H2,1-5H3. The zero-order valence-corrected chi connectivity index (χ0v) is 12.1. The van der Waals surface area contributed by atoms with E-state index in [2.05, 4.69) is 25.8 Å². The molecule has 0 aliphatic carbocycles. The fraction of sp³-hybridized carbons (Fsp3) is 0.923. The molecule has 0 saturated carbocycles. The molecular weight excluding hydrogens is 214 g/mol. The Hall–Kier alpha value is -0.610. The third-order valence-electron chi connectivity index (χ3n) is 3.89. The summed E-state index contributed by atoms with van der Waals surface area (Å²) in [6.45, 7) is 5.96. The Labute approximate surface area is 106 Å². The SMILES string of the molecule is CCC(CC)(CN)N(C)CCCC(=O)N(C)C. The van der Waals surface area contributed by atoms with E-state index in [1.54, 1.807) is 19.0 Å². The number of carbonyl (C=O) groups is 1. The average molecular weight is 243 g/mol. The molecule has 0 radical (unpaired) electrons. The van der Waals surface area contributed by atoms with E-state index < -0.39 is 0 Å². The van der Waals surface area contributed by atoms with Crippen LogP contribution in [0.25, 0.3) is 0 Å². The van der Waals surface area contributed by atoms with Crippen LogP contribution in [0.5, 0.6) is 0 Å². The molecule has 0 spiro atoms. The summed E-state index contributed by atoms with van der Waals surface area (Å²) < 4.78 is 0. The van der Waals surface area contributed by atoms with Crippen LogP contribution in [0, 0.1) is 0 Å². The Kier molecular flexibility index (Phi) is 7.39. The van der Waals surface area contributed by atoms with Gasteiger partial charge in [-0.05, 0) is 32.9 Å². The average Bonchev–Trinajstić information content (AvgIpc) is 2.31. The summed E-state index contributed by atoms with van der Waals surface area (Å²) in [6, 6.07) is 0. The van der Waals surface area contributed by atoms with Gasteiger partial charge in [-0.25, -0.2) is 0 Å². The molecule has 0 aromatic carbocycles. The van der Waals surface area contributed by atoms with Crippen molar-refractivity contribution in [1.29, 1.82) is 0 Å². The highest BCUT2D eigenvalue weighted by Crippen LogP contribution is 2.21. The fourth-order valence-electron chi connectivity index (χ4n) is 2.16. The van der Waals surface area contributed by atoms with E-state index in [4.69, 9.17) is 5.73 Å². The van der Waals surface area contributed by atoms with Crippen LogP contribution in [-0.4, -0.2) is 55.5 Å². The molecule has 0 unspecified atom stereocenters. The van der Waals surface area contributed by atoms with Gasteiger partial charge in [0.05, 0.1) is 0 Å². The molecule has 2 N–H and O–H groups in total. The van der Waals surface area contributed by atoms with Crippen LogP contribution in [0.1, 0.15) is 39.5 Å². The minimum atomic E-state index is 0.0984. The van der Waals surface area contributed by atoms with Crippen LogP contribution in [0.4, 0.5) is 0 Å². The van der Waals surface area contributed by atoms with Crippen LogP contribution in [0.2, 0.25) is 0 Å². The summed E-state index contributed by atoms with van der Waals surface area (Å²) in [7, 11) is 5.71. The maximum Gasteiger partial charge on any atom is 0.222 e. The zero-order chi connectivity index (χ0) is 13.5. The van der Waals surface area contributed by atoms with Crippen molar-refractivity contribution in [3.05, 3.63) is 0 Å². The minimum Gasteiger partial charge on any atom is -0.349 e. The van der Waals surface area contributed by atoms with Gasteiger partial charge in [0.2, 0.25) is 5.91 Å². The van der Waals surface area contributed by atoms with Gasteiger partial charge in [0.15, 0.2) is 0 Å². The van der Waals surface area contributed by atoms with Gasteiger partial charge in [0.1, 0.15) is 0 Å². The first-order valence-corrected chi connectivity index (χ1v) is 6.55. The van der Waals surface area contributed by atoms with Crippen LogP contribution < -0.4 is 5.73 Å². The van der Waals surface area contributed by atoms with Crippen molar-refractivity contribution in [3.8, 4) is 0 Å². The van der Waals surface area contributed by atoms with E-state index in [1.807, 2.05) is 0 Å². The lowest BCUT2D eigenvalue weighted by molar-refractivity contribution is -0.128. The van der Waals surface area contributed by atoms with Crippen LogP contribution in [-0.2, 0) is 4.79 Å². The highest BCUT2D eigenvalue weighted by molar-refractivity contribution is 5.75. The molecule has 0 aliphatic rings. The molecule has 0 aromatic rings. The van der Waals surface area contributed by atoms with Crippen LogP contribution in [0.15, 0.2) is 0 Å². The Bertz CT molecular complexity index is 216. The van der Waals surface area contributed by atoms with E-state index in [0.29, 0.717) is 13.0 Å². The first-order chi connectivity index (χ1) is 7.93. The van der Waals surface area contributed by atoms with E-state index in [-0.39, 0.29) is 11.4 Å². The summed E-state index contributed by atoms with van der Waals surface area (Å²) in [4.78, 5) is 15.4.